The summed E-state index contributed by atoms with van der Waals surface area (Å²) in [5.41, 5.74) is 5.02. The van der Waals surface area contributed by atoms with Crippen molar-refractivity contribution in [3.63, 3.8) is 0 Å². The molecule has 0 radical (unpaired) electrons. The maximum atomic E-state index is 13.8. The molecule has 7 nitrogen and oxygen atoms in total. The zero-order valence-corrected chi connectivity index (χ0v) is 20.0. The van der Waals surface area contributed by atoms with Crippen molar-refractivity contribution < 1.29 is 18.7 Å². The summed E-state index contributed by atoms with van der Waals surface area (Å²) in [6.45, 7) is 5.36. The number of anilines is 2. The van der Waals surface area contributed by atoms with Gasteiger partial charge in [-0.25, -0.2) is 4.39 Å². The average molecular weight is 487 g/mol. The molecule has 0 aliphatic carbocycles. The Bertz CT molecular complexity index is 1350. The molecule has 36 heavy (non-hydrogen) atoms. The van der Waals surface area contributed by atoms with E-state index in [4.69, 9.17) is 9.47 Å². The third-order valence-corrected chi connectivity index (χ3v) is 6.86. The molecule has 3 aromatic rings. The van der Waals surface area contributed by atoms with Crippen molar-refractivity contribution in [3.05, 3.63) is 83.2 Å². The van der Waals surface area contributed by atoms with Crippen LogP contribution >= 0.6 is 0 Å². The Balaban J connectivity index is 1.33. The van der Waals surface area contributed by atoms with E-state index in [2.05, 4.69) is 39.6 Å². The van der Waals surface area contributed by atoms with Gasteiger partial charge in [0.25, 0.3) is 5.91 Å². The van der Waals surface area contributed by atoms with E-state index < -0.39 is 5.82 Å². The van der Waals surface area contributed by atoms with Crippen LogP contribution in [0.2, 0.25) is 0 Å². The van der Waals surface area contributed by atoms with E-state index in [1.807, 2.05) is 30.3 Å². The lowest BCUT2D eigenvalue weighted by molar-refractivity contribution is -0.110. The van der Waals surface area contributed by atoms with Gasteiger partial charge in [-0.15, -0.1) is 0 Å². The number of halogens is 1. The molecule has 1 saturated heterocycles. The summed E-state index contributed by atoms with van der Waals surface area (Å²) in [5, 5.41) is 6.25. The highest BCUT2D eigenvalue weighted by molar-refractivity contribution is 6.37. The molecule has 3 aromatic carbocycles. The summed E-state index contributed by atoms with van der Waals surface area (Å²) in [5.74, 6) is 0.591. The van der Waals surface area contributed by atoms with E-state index in [1.165, 1.54) is 17.7 Å². The van der Waals surface area contributed by atoms with Crippen molar-refractivity contribution in [2.45, 2.75) is 6.54 Å². The molecule has 0 bridgehead atoms. The van der Waals surface area contributed by atoms with Gasteiger partial charge in [-0.05, 0) is 61.1 Å². The second-order valence-corrected chi connectivity index (χ2v) is 9.36. The number of amides is 1. The van der Waals surface area contributed by atoms with Crippen LogP contribution in [0, 0.1) is 5.82 Å². The molecular weight excluding hydrogens is 459 g/mol. The molecule has 2 N–H and O–H groups in total. The maximum absolute atomic E-state index is 13.8. The van der Waals surface area contributed by atoms with Gasteiger partial charge in [0.1, 0.15) is 5.82 Å². The molecule has 1 amide bonds. The molecule has 0 aromatic heterocycles. The Morgan fingerprint density at radius 2 is 1.75 bits per heavy atom. The largest absolute Gasteiger partial charge is 0.454 e. The first kappa shape index (κ1) is 22.6. The first-order valence-corrected chi connectivity index (χ1v) is 12.1. The van der Waals surface area contributed by atoms with Crippen molar-refractivity contribution >= 4 is 28.6 Å². The van der Waals surface area contributed by atoms with Crippen molar-refractivity contribution in [3.8, 4) is 11.5 Å². The molecule has 3 aliphatic heterocycles. The molecular formula is C28H27FN4O3. The summed E-state index contributed by atoms with van der Waals surface area (Å²) >= 11 is 0. The van der Waals surface area contributed by atoms with Gasteiger partial charge in [-0.3, -0.25) is 9.69 Å². The van der Waals surface area contributed by atoms with Gasteiger partial charge >= 0.3 is 0 Å². The number of piperazine rings is 1. The lowest BCUT2D eigenvalue weighted by Gasteiger charge is -2.32. The molecule has 0 atom stereocenters. The summed E-state index contributed by atoms with van der Waals surface area (Å²) in [6.07, 6.45) is 0. The second-order valence-electron chi connectivity index (χ2n) is 9.36. The number of carbonyl (C=O) groups excluding carboxylic acids is 1. The van der Waals surface area contributed by atoms with Crippen molar-refractivity contribution in [1.82, 2.24) is 9.80 Å². The molecule has 184 valence electrons. The predicted octanol–water partition coefficient (Wildman–Crippen LogP) is 4.23. The standard InChI is InChI=1S/C28H27FN4O3/c1-32-10-12-33(13-11-32)16-18-2-6-21(7-3-18)30-27(19-4-9-24-25(14-19)36-17-35-24)26-22-8-5-20(29)15-23(22)31-28(26)34/h2-9,14-15,30H,10-13,16-17H2,1H3,(H,31,34)/b27-26-. The molecule has 1 fully saturated rings. The van der Waals surface area contributed by atoms with Gasteiger partial charge in [-0.2, -0.15) is 0 Å². The van der Waals surface area contributed by atoms with Gasteiger partial charge in [-0.1, -0.05) is 12.1 Å². The quantitative estimate of drug-likeness (QED) is 0.526. The zero-order chi connectivity index (χ0) is 24.6. The molecule has 0 spiro atoms. The van der Waals surface area contributed by atoms with Gasteiger partial charge in [0.2, 0.25) is 6.79 Å². The minimum atomic E-state index is -0.399. The minimum absolute atomic E-state index is 0.162. The fourth-order valence-electron chi connectivity index (χ4n) is 4.83. The van der Waals surface area contributed by atoms with Gasteiger partial charge in [0.05, 0.1) is 17.0 Å². The van der Waals surface area contributed by atoms with Crippen LogP contribution in [-0.2, 0) is 11.3 Å². The highest BCUT2D eigenvalue weighted by Crippen LogP contribution is 2.40. The lowest BCUT2D eigenvalue weighted by atomic mass is 9.99. The van der Waals surface area contributed by atoms with E-state index in [1.54, 1.807) is 6.07 Å². The van der Waals surface area contributed by atoms with Crippen LogP contribution in [0.15, 0.2) is 60.7 Å². The molecule has 0 unspecified atom stereocenters. The van der Waals surface area contributed by atoms with Crippen LogP contribution < -0.4 is 20.1 Å². The number of nitrogens with zero attached hydrogens (tertiary/aromatic N) is 2. The van der Waals surface area contributed by atoms with E-state index in [9.17, 15) is 9.18 Å². The average Bonchev–Trinajstić information content (AvgIpc) is 3.47. The van der Waals surface area contributed by atoms with E-state index in [0.717, 1.165) is 44.0 Å². The van der Waals surface area contributed by atoms with E-state index in [-0.39, 0.29) is 12.7 Å². The Kier molecular flexibility index (Phi) is 5.83. The van der Waals surface area contributed by atoms with Crippen LogP contribution in [-0.4, -0.2) is 55.7 Å². The Labute approximate surface area is 209 Å². The third kappa shape index (κ3) is 4.41. The molecule has 8 heteroatoms. The summed E-state index contributed by atoms with van der Waals surface area (Å²) < 4.78 is 24.9. The highest BCUT2D eigenvalue weighted by Gasteiger charge is 2.29. The first-order chi connectivity index (χ1) is 17.5. The summed E-state index contributed by atoms with van der Waals surface area (Å²) in [6, 6.07) is 18.2. The van der Waals surface area contributed by atoms with Crippen molar-refractivity contribution in [2.24, 2.45) is 0 Å². The van der Waals surface area contributed by atoms with Crippen LogP contribution in [0.4, 0.5) is 15.8 Å². The monoisotopic (exact) mass is 486 g/mol. The smallest absolute Gasteiger partial charge is 0.258 e. The van der Waals surface area contributed by atoms with Gasteiger partial charge in [0.15, 0.2) is 11.5 Å². The van der Waals surface area contributed by atoms with E-state index in [0.29, 0.717) is 34.0 Å². The van der Waals surface area contributed by atoms with Gasteiger partial charge in [0, 0.05) is 49.5 Å². The summed E-state index contributed by atoms with van der Waals surface area (Å²) in [7, 11) is 2.16. The number of benzene rings is 3. The number of likely N-dealkylation sites (N-methyl/N-ethyl adjacent to an activating group) is 1. The van der Waals surface area contributed by atoms with Crippen LogP contribution in [0.1, 0.15) is 16.7 Å². The highest BCUT2D eigenvalue weighted by atomic mass is 19.1. The molecule has 3 aliphatic rings. The summed E-state index contributed by atoms with van der Waals surface area (Å²) in [4.78, 5) is 17.9. The first-order valence-electron chi connectivity index (χ1n) is 12.1. The fourth-order valence-corrected chi connectivity index (χ4v) is 4.83. The Morgan fingerprint density at radius 3 is 2.56 bits per heavy atom. The maximum Gasteiger partial charge on any atom is 0.258 e. The minimum Gasteiger partial charge on any atom is -0.454 e. The van der Waals surface area contributed by atoms with E-state index >= 15 is 0 Å². The fraction of sp³-hybridized carbons (Fsp3) is 0.250. The number of ether oxygens (including phenoxy) is 2. The Hall–Kier alpha value is -3.88. The second kappa shape index (κ2) is 9.29. The lowest BCUT2D eigenvalue weighted by Crippen LogP contribution is -2.43. The zero-order valence-electron chi connectivity index (χ0n) is 20.0. The normalized spacial score (nSPS) is 18.7. The number of nitrogens with one attached hydrogen (secondary N) is 2. The Morgan fingerprint density at radius 1 is 0.972 bits per heavy atom. The molecule has 0 saturated carbocycles. The van der Waals surface area contributed by atoms with Crippen LogP contribution in [0.5, 0.6) is 11.5 Å². The van der Waals surface area contributed by atoms with Crippen LogP contribution in [0.3, 0.4) is 0 Å². The third-order valence-electron chi connectivity index (χ3n) is 6.86. The van der Waals surface area contributed by atoms with Crippen molar-refractivity contribution in [2.75, 3.05) is 50.7 Å². The van der Waals surface area contributed by atoms with Gasteiger partial charge < -0.3 is 25.0 Å². The number of fused-ring (bicyclic) bond motifs is 2. The SMILES string of the molecule is CN1CCN(Cc2ccc(N/C(=C3\C(=O)Nc4cc(F)ccc43)c3ccc4c(c3)OCO4)cc2)CC1. The number of carbonyl (C=O) groups is 1. The number of hydrogen-bond donors (Lipinski definition) is 2. The molecule has 6 rings (SSSR count). The molecule has 3 heterocycles. The predicted molar refractivity (Wildman–Crippen MR) is 137 cm³/mol. The number of hydrogen-bond acceptors (Lipinski definition) is 6. The number of rotatable bonds is 5. The van der Waals surface area contributed by atoms with Crippen molar-refractivity contribution in [1.29, 1.82) is 0 Å². The topological polar surface area (TPSA) is 66.1 Å². The van der Waals surface area contributed by atoms with Crippen LogP contribution in [0.25, 0.3) is 11.3 Å².